The summed E-state index contributed by atoms with van der Waals surface area (Å²) in [6.45, 7) is 12.7. The molecule has 0 aromatic heterocycles. The third kappa shape index (κ3) is 5.60. The van der Waals surface area contributed by atoms with Crippen LogP contribution in [0.3, 0.4) is 0 Å². The van der Waals surface area contributed by atoms with E-state index in [1.54, 1.807) is 0 Å². The number of carbonyl (C=O) groups is 1. The number of rotatable bonds is 5. The maximum absolute atomic E-state index is 12.3. The second-order valence-electron chi connectivity index (χ2n) is 8.31. The summed E-state index contributed by atoms with van der Waals surface area (Å²) in [5.41, 5.74) is -1.05. The van der Waals surface area contributed by atoms with Crippen LogP contribution >= 0.6 is 0 Å². The fraction of sp³-hybridized carbons (Fsp3) is 0.944. The molecule has 0 radical (unpaired) electrons. The second kappa shape index (κ2) is 8.02. The topological polar surface area (TPSA) is 65.0 Å². The molecule has 6 nitrogen and oxygen atoms in total. The van der Waals surface area contributed by atoms with Gasteiger partial charge in [-0.1, -0.05) is 6.92 Å². The van der Waals surface area contributed by atoms with Gasteiger partial charge in [0.2, 0.25) is 0 Å². The van der Waals surface area contributed by atoms with Crippen LogP contribution in [0.1, 0.15) is 53.4 Å². The molecule has 0 aromatic rings. The molecule has 2 rings (SSSR count). The number of ether oxygens (including phenoxy) is 1. The highest BCUT2D eigenvalue weighted by molar-refractivity contribution is 5.68. The quantitative estimate of drug-likeness (QED) is 0.799. The number of hydrogen-bond donors (Lipinski definition) is 2. The predicted octanol–water partition coefficient (Wildman–Crippen LogP) is 1.82. The molecule has 2 aliphatic rings. The van der Waals surface area contributed by atoms with E-state index in [4.69, 9.17) is 4.74 Å². The van der Waals surface area contributed by atoms with E-state index in [-0.39, 0.29) is 6.09 Å². The Morgan fingerprint density at radius 3 is 2.62 bits per heavy atom. The summed E-state index contributed by atoms with van der Waals surface area (Å²) in [7, 11) is 0. The minimum absolute atomic E-state index is 0.220. The number of amides is 1. The van der Waals surface area contributed by atoms with Crippen LogP contribution in [0.25, 0.3) is 0 Å². The highest BCUT2D eigenvalue weighted by atomic mass is 16.6. The van der Waals surface area contributed by atoms with Crippen LogP contribution in [0.2, 0.25) is 0 Å². The predicted molar refractivity (Wildman–Crippen MR) is 95.1 cm³/mol. The van der Waals surface area contributed by atoms with Crippen LogP contribution in [0.5, 0.6) is 0 Å². The first-order chi connectivity index (χ1) is 11.2. The zero-order chi connectivity index (χ0) is 17.8. The number of likely N-dealkylation sites (tertiary alicyclic amines) is 1. The summed E-state index contributed by atoms with van der Waals surface area (Å²) >= 11 is 0. The van der Waals surface area contributed by atoms with Crippen molar-refractivity contribution in [1.82, 2.24) is 15.1 Å². The van der Waals surface area contributed by atoms with Gasteiger partial charge < -0.3 is 20.1 Å². The van der Waals surface area contributed by atoms with Gasteiger partial charge in [0, 0.05) is 25.7 Å². The molecule has 2 fully saturated rings. The number of aliphatic hydroxyl groups is 1. The number of piperidine rings is 1. The Kier molecular flexibility index (Phi) is 6.51. The monoisotopic (exact) mass is 341 g/mol. The summed E-state index contributed by atoms with van der Waals surface area (Å²) in [5.74, 6) is 0. The lowest BCUT2D eigenvalue weighted by Crippen LogP contribution is -2.53. The van der Waals surface area contributed by atoms with Crippen LogP contribution in [-0.4, -0.2) is 77.5 Å². The lowest BCUT2D eigenvalue weighted by Gasteiger charge is -2.39. The molecule has 0 saturated carbocycles. The Morgan fingerprint density at radius 2 is 2.04 bits per heavy atom. The standard InChI is InChI=1S/C18H35N3O3/c1-5-11-21(14-18(23)7-9-19-10-8-18)15-6-12-20(13-15)16(22)24-17(2,3)4/h15,19,23H,5-14H2,1-4H3. The molecule has 24 heavy (non-hydrogen) atoms. The van der Waals surface area contributed by atoms with E-state index >= 15 is 0 Å². The van der Waals surface area contributed by atoms with Crippen molar-refractivity contribution in [2.24, 2.45) is 0 Å². The van der Waals surface area contributed by atoms with Gasteiger partial charge in [-0.25, -0.2) is 4.79 Å². The maximum atomic E-state index is 12.3. The SMILES string of the molecule is CCCN(CC1(O)CCNCC1)C1CCN(C(=O)OC(C)(C)C)C1. The largest absolute Gasteiger partial charge is 0.444 e. The van der Waals surface area contributed by atoms with Crippen molar-refractivity contribution < 1.29 is 14.6 Å². The number of carbonyl (C=O) groups excluding carboxylic acids is 1. The van der Waals surface area contributed by atoms with Crippen molar-refractivity contribution in [3.05, 3.63) is 0 Å². The van der Waals surface area contributed by atoms with E-state index in [0.717, 1.165) is 51.9 Å². The zero-order valence-corrected chi connectivity index (χ0v) is 15.8. The molecule has 1 amide bonds. The molecule has 140 valence electrons. The summed E-state index contributed by atoms with van der Waals surface area (Å²) in [5, 5.41) is 14.2. The zero-order valence-electron chi connectivity index (χ0n) is 15.8. The molecule has 2 heterocycles. The Balaban J connectivity index is 1.93. The average Bonchev–Trinajstić information content (AvgIpc) is 2.95. The molecule has 2 N–H and O–H groups in total. The third-order valence-electron chi connectivity index (χ3n) is 4.87. The minimum atomic E-state index is -0.597. The van der Waals surface area contributed by atoms with Gasteiger partial charge in [0.1, 0.15) is 5.60 Å². The maximum Gasteiger partial charge on any atom is 0.410 e. The van der Waals surface area contributed by atoms with Gasteiger partial charge in [0.25, 0.3) is 0 Å². The molecule has 0 spiro atoms. The first kappa shape index (κ1) is 19.5. The highest BCUT2D eigenvalue weighted by Crippen LogP contribution is 2.25. The summed E-state index contributed by atoms with van der Waals surface area (Å²) in [6.07, 6.45) is 3.39. The number of nitrogens with zero attached hydrogens (tertiary/aromatic N) is 2. The average molecular weight is 341 g/mol. The summed E-state index contributed by atoms with van der Waals surface area (Å²) in [6, 6.07) is 0.316. The summed E-state index contributed by atoms with van der Waals surface area (Å²) in [4.78, 5) is 16.5. The van der Waals surface area contributed by atoms with Gasteiger partial charge >= 0.3 is 6.09 Å². The number of hydrogen-bond acceptors (Lipinski definition) is 5. The van der Waals surface area contributed by atoms with Crippen LogP contribution < -0.4 is 5.32 Å². The van der Waals surface area contributed by atoms with Gasteiger partial charge in [-0.3, -0.25) is 4.90 Å². The van der Waals surface area contributed by atoms with E-state index in [0.29, 0.717) is 19.1 Å². The van der Waals surface area contributed by atoms with Gasteiger partial charge in [0.05, 0.1) is 5.60 Å². The van der Waals surface area contributed by atoms with Crippen molar-refractivity contribution in [3.8, 4) is 0 Å². The van der Waals surface area contributed by atoms with Crippen LogP contribution in [0.15, 0.2) is 0 Å². The van der Waals surface area contributed by atoms with E-state index < -0.39 is 11.2 Å². The normalized spacial score (nSPS) is 24.4. The van der Waals surface area contributed by atoms with Crippen molar-refractivity contribution in [2.75, 3.05) is 39.3 Å². The molecule has 1 atom stereocenters. The van der Waals surface area contributed by atoms with E-state index in [1.807, 2.05) is 25.7 Å². The molecule has 0 bridgehead atoms. The molecule has 0 aromatic carbocycles. The van der Waals surface area contributed by atoms with Gasteiger partial charge in [-0.05, 0) is 66.1 Å². The van der Waals surface area contributed by atoms with Crippen molar-refractivity contribution in [2.45, 2.75) is 70.6 Å². The van der Waals surface area contributed by atoms with Crippen LogP contribution in [-0.2, 0) is 4.74 Å². The molecule has 1 unspecified atom stereocenters. The van der Waals surface area contributed by atoms with Crippen molar-refractivity contribution in [1.29, 1.82) is 0 Å². The third-order valence-corrected chi connectivity index (χ3v) is 4.87. The molecule has 6 heteroatoms. The van der Waals surface area contributed by atoms with E-state index in [1.165, 1.54) is 0 Å². The molecular formula is C18H35N3O3. The Labute approximate surface area is 146 Å². The van der Waals surface area contributed by atoms with Gasteiger partial charge in [-0.15, -0.1) is 0 Å². The second-order valence-corrected chi connectivity index (χ2v) is 8.31. The van der Waals surface area contributed by atoms with Crippen molar-refractivity contribution in [3.63, 3.8) is 0 Å². The summed E-state index contributed by atoms with van der Waals surface area (Å²) < 4.78 is 5.49. The van der Waals surface area contributed by atoms with Crippen LogP contribution in [0.4, 0.5) is 4.79 Å². The van der Waals surface area contributed by atoms with Crippen molar-refractivity contribution >= 4 is 6.09 Å². The van der Waals surface area contributed by atoms with Gasteiger partial charge in [0.15, 0.2) is 0 Å². The van der Waals surface area contributed by atoms with Gasteiger partial charge in [-0.2, -0.15) is 0 Å². The minimum Gasteiger partial charge on any atom is -0.444 e. The first-order valence-corrected chi connectivity index (χ1v) is 9.37. The van der Waals surface area contributed by atoms with Crippen LogP contribution in [0, 0.1) is 0 Å². The first-order valence-electron chi connectivity index (χ1n) is 9.37. The van der Waals surface area contributed by atoms with E-state index in [9.17, 15) is 9.90 Å². The van der Waals surface area contributed by atoms with E-state index in [2.05, 4.69) is 17.1 Å². The fourth-order valence-electron chi connectivity index (χ4n) is 3.64. The smallest absolute Gasteiger partial charge is 0.410 e. The molecule has 0 aliphatic carbocycles. The Bertz CT molecular complexity index is 416. The highest BCUT2D eigenvalue weighted by Gasteiger charge is 2.37. The molecule has 2 saturated heterocycles. The molecular weight excluding hydrogens is 306 g/mol. The fourth-order valence-corrected chi connectivity index (χ4v) is 3.64. The Hall–Kier alpha value is -0.850. The Morgan fingerprint density at radius 1 is 1.38 bits per heavy atom. The lowest BCUT2D eigenvalue weighted by molar-refractivity contribution is -0.0303. The number of nitrogens with one attached hydrogen (secondary N) is 1. The lowest BCUT2D eigenvalue weighted by atomic mass is 9.91. The molecule has 2 aliphatic heterocycles.